The summed E-state index contributed by atoms with van der Waals surface area (Å²) in [4.78, 5) is 35.0. The monoisotopic (exact) mass is 449 g/mol. The van der Waals surface area contributed by atoms with Crippen LogP contribution in [0.3, 0.4) is 0 Å². The summed E-state index contributed by atoms with van der Waals surface area (Å²) in [6.45, 7) is 2.53. The van der Waals surface area contributed by atoms with Crippen molar-refractivity contribution in [1.29, 1.82) is 0 Å². The number of rotatable bonds is 4. The molecule has 5 nitrogen and oxygen atoms in total. The Labute approximate surface area is 191 Å². The Kier molecular flexibility index (Phi) is 5.79. The molecule has 2 aliphatic heterocycles. The minimum absolute atomic E-state index is 0.0991. The van der Waals surface area contributed by atoms with Crippen molar-refractivity contribution in [2.45, 2.75) is 25.7 Å². The van der Waals surface area contributed by atoms with E-state index < -0.39 is 23.3 Å². The van der Waals surface area contributed by atoms with Gasteiger partial charge in [-0.05, 0) is 56.0 Å². The predicted molar refractivity (Wildman–Crippen MR) is 123 cm³/mol. The highest BCUT2D eigenvalue weighted by Crippen LogP contribution is 2.30. The maximum absolute atomic E-state index is 14.1. The number of hydrogen-bond donors (Lipinski definition) is 0. The summed E-state index contributed by atoms with van der Waals surface area (Å²) in [5, 5.41) is 0.912. The van der Waals surface area contributed by atoms with Crippen LogP contribution in [0, 0.1) is 17.6 Å². The van der Waals surface area contributed by atoms with Crippen molar-refractivity contribution in [3.8, 4) is 0 Å². The molecule has 7 heteroatoms. The Hall–Kier alpha value is -3.35. The number of pyridine rings is 1. The number of ketones is 1. The second-order valence-electron chi connectivity index (χ2n) is 8.80. The molecule has 0 saturated carbocycles. The van der Waals surface area contributed by atoms with Crippen LogP contribution in [0.1, 0.15) is 46.4 Å². The van der Waals surface area contributed by atoms with E-state index in [1.54, 1.807) is 4.90 Å². The number of benzene rings is 2. The molecule has 1 aromatic heterocycles. The fourth-order valence-electron chi connectivity index (χ4n) is 4.85. The molecule has 3 heterocycles. The summed E-state index contributed by atoms with van der Waals surface area (Å²) in [7, 11) is 0. The molecule has 0 spiro atoms. The highest BCUT2D eigenvalue weighted by atomic mass is 19.1. The van der Waals surface area contributed by atoms with Crippen molar-refractivity contribution in [3.63, 3.8) is 0 Å². The molecule has 0 aliphatic carbocycles. The number of hydrogen-bond acceptors (Lipinski definition) is 4. The van der Waals surface area contributed by atoms with Crippen LogP contribution in [0.5, 0.6) is 0 Å². The smallest absolute Gasteiger partial charge is 0.257 e. The van der Waals surface area contributed by atoms with E-state index in [0.29, 0.717) is 31.5 Å². The molecule has 2 aliphatic rings. The number of carbonyl (C=O) groups is 2. The molecular weight excluding hydrogens is 424 g/mol. The molecule has 0 N–H and O–H groups in total. The van der Waals surface area contributed by atoms with Gasteiger partial charge in [0.25, 0.3) is 5.91 Å². The van der Waals surface area contributed by atoms with Gasteiger partial charge in [-0.3, -0.25) is 9.59 Å². The van der Waals surface area contributed by atoms with Crippen LogP contribution in [0.15, 0.2) is 48.5 Å². The normalized spacial score (nSPS) is 17.0. The highest BCUT2D eigenvalue weighted by molar-refractivity contribution is 6.03. The maximum Gasteiger partial charge on any atom is 0.257 e. The molecule has 0 radical (unpaired) electrons. The Morgan fingerprint density at radius 1 is 0.879 bits per heavy atom. The van der Waals surface area contributed by atoms with Gasteiger partial charge in [-0.2, -0.15) is 0 Å². The zero-order chi connectivity index (χ0) is 22.9. The number of halogens is 2. The third kappa shape index (κ3) is 4.19. The highest BCUT2D eigenvalue weighted by Gasteiger charge is 2.32. The van der Waals surface area contributed by atoms with Crippen molar-refractivity contribution < 1.29 is 18.4 Å². The van der Waals surface area contributed by atoms with Crippen LogP contribution < -0.4 is 4.90 Å². The van der Waals surface area contributed by atoms with Crippen molar-refractivity contribution in [1.82, 2.24) is 9.88 Å². The van der Waals surface area contributed by atoms with E-state index in [1.165, 1.54) is 0 Å². The third-order valence-corrected chi connectivity index (χ3v) is 6.69. The lowest BCUT2D eigenvalue weighted by Crippen LogP contribution is -2.41. The maximum atomic E-state index is 14.1. The van der Waals surface area contributed by atoms with Crippen LogP contribution in [-0.4, -0.2) is 47.8 Å². The standard InChI is InChI=1S/C26H25F2N3O2/c27-19-7-8-22(28)20(16-19)24(32)17-9-13-31(14-10-17)26(33)21-15-18-5-1-2-6-23(18)29-25(21)30-11-3-4-12-30/h1-2,5-8,15-17H,3-4,9-14H2. The summed E-state index contributed by atoms with van der Waals surface area (Å²) in [5.41, 5.74) is 1.23. The van der Waals surface area contributed by atoms with Gasteiger partial charge in [0.2, 0.25) is 0 Å². The van der Waals surface area contributed by atoms with Gasteiger partial charge in [-0.25, -0.2) is 13.8 Å². The number of amides is 1. The van der Waals surface area contributed by atoms with Crippen LogP contribution >= 0.6 is 0 Å². The first-order valence-corrected chi connectivity index (χ1v) is 11.4. The van der Waals surface area contributed by atoms with Crippen molar-refractivity contribution in [3.05, 3.63) is 71.3 Å². The molecule has 0 unspecified atom stereocenters. The predicted octanol–water partition coefficient (Wildman–Crippen LogP) is 4.85. The number of piperidine rings is 1. The molecule has 5 rings (SSSR count). The van der Waals surface area contributed by atoms with Crippen LogP contribution in [-0.2, 0) is 0 Å². The fourth-order valence-corrected chi connectivity index (χ4v) is 4.85. The molecule has 3 aromatic rings. The number of Topliss-reactive ketones (excluding diaryl/α,β-unsaturated/α-hetero) is 1. The number of anilines is 1. The van der Waals surface area contributed by atoms with Gasteiger partial charge < -0.3 is 9.80 Å². The first-order chi connectivity index (χ1) is 16.0. The number of fused-ring (bicyclic) bond motifs is 1. The number of aromatic nitrogens is 1. The van der Waals surface area contributed by atoms with Crippen molar-refractivity contribution in [2.24, 2.45) is 5.92 Å². The molecule has 0 atom stereocenters. The van der Waals surface area contributed by atoms with Gasteiger partial charge in [0.15, 0.2) is 5.78 Å². The number of nitrogens with zero attached hydrogens (tertiary/aromatic N) is 3. The number of likely N-dealkylation sites (tertiary alicyclic amines) is 1. The summed E-state index contributed by atoms with van der Waals surface area (Å²) >= 11 is 0. The summed E-state index contributed by atoms with van der Waals surface area (Å²) in [6.07, 6.45) is 2.99. The molecule has 0 bridgehead atoms. The Morgan fingerprint density at radius 2 is 1.61 bits per heavy atom. The average Bonchev–Trinajstić information content (AvgIpc) is 3.39. The van der Waals surface area contributed by atoms with Gasteiger partial charge in [-0.1, -0.05) is 18.2 Å². The quantitative estimate of drug-likeness (QED) is 0.535. The minimum Gasteiger partial charge on any atom is -0.356 e. The van der Waals surface area contributed by atoms with Crippen molar-refractivity contribution >= 4 is 28.4 Å². The number of carbonyl (C=O) groups excluding carboxylic acids is 2. The second kappa shape index (κ2) is 8.89. The molecule has 2 aromatic carbocycles. The van der Waals surface area contributed by atoms with E-state index >= 15 is 0 Å². The fraction of sp³-hybridized carbons (Fsp3) is 0.346. The topological polar surface area (TPSA) is 53.5 Å². The van der Waals surface area contributed by atoms with Crippen molar-refractivity contribution in [2.75, 3.05) is 31.1 Å². The molecule has 2 fully saturated rings. The minimum atomic E-state index is -0.711. The third-order valence-electron chi connectivity index (χ3n) is 6.69. The first kappa shape index (κ1) is 21.5. The van der Waals surface area contributed by atoms with E-state index in [2.05, 4.69) is 4.90 Å². The van der Waals surface area contributed by atoms with Crippen LogP contribution in [0.4, 0.5) is 14.6 Å². The van der Waals surface area contributed by atoms with E-state index in [0.717, 1.165) is 60.9 Å². The summed E-state index contributed by atoms with van der Waals surface area (Å²) in [6, 6.07) is 12.6. The lowest BCUT2D eigenvalue weighted by atomic mass is 9.88. The van der Waals surface area contributed by atoms with Crippen LogP contribution in [0.2, 0.25) is 0 Å². The molecule has 33 heavy (non-hydrogen) atoms. The largest absolute Gasteiger partial charge is 0.356 e. The lowest BCUT2D eigenvalue weighted by molar-refractivity contribution is 0.0649. The number of para-hydroxylation sites is 1. The SMILES string of the molecule is O=C(c1cc(F)ccc1F)C1CCN(C(=O)c2cc3ccccc3nc2N2CCCC2)CC1. The van der Waals surface area contributed by atoms with E-state index in [4.69, 9.17) is 4.98 Å². The van der Waals surface area contributed by atoms with E-state index in [-0.39, 0.29) is 11.5 Å². The molecule has 2 saturated heterocycles. The van der Waals surface area contributed by atoms with Gasteiger partial charge in [0, 0.05) is 37.5 Å². The Bertz CT molecular complexity index is 1220. The van der Waals surface area contributed by atoms with Crippen LogP contribution in [0.25, 0.3) is 10.9 Å². The second-order valence-corrected chi connectivity index (χ2v) is 8.80. The van der Waals surface area contributed by atoms with E-state index in [1.807, 2.05) is 30.3 Å². The zero-order valence-electron chi connectivity index (χ0n) is 18.3. The first-order valence-electron chi connectivity index (χ1n) is 11.4. The van der Waals surface area contributed by atoms with E-state index in [9.17, 15) is 18.4 Å². The summed E-state index contributed by atoms with van der Waals surface area (Å²) < 4.78 is 27.6. The van der Waals surface area contributed by atoms with Gasteiger partial charge in [-0.15, -0.1) is 0 Å². The lowest BCUT2D eigenvalue weighted by Gasteiger charge is -2.32. The Morgan fingerprint density at radius 3 is 2.36 bits per heavy atom. The summed E-state index contributed by atoms with van der Waals surface area (Å²) in [5.74, 6) is -1.56. The van der Waals surface area contributed by atoms with Gasteiger partial charge in [0.05, 0.1) is 16.6 Å². The molecule has 170 valence electrons. The zero-order valence-corrected chi connectivity index (χ0v) is 18.3. The molecular formula is C26H25F2N3O2. The average molecular weight is 450 g/mol. The van der Waals surface area contributed by atoms with Gasteiger partial charge in [0.1, 0.15) is 17.5 Å². The Balaban J connectivity index is 1.36. The molecule has 1 amide bonds. The van der Waals surface area contributed by atoms with Gasteiger partial charge >= 0.3 is 0 Å².